The number of ether oxygens (including phenoxy) is 2. The number of aldehydes is 1. The van der Waals surface area contributed by atoms with Gasteiger partial charge in [-0.1, -0.05) is 0 Å². The molecule has 2 N–H and O–H groups in total. The standard InChI is InChI=1S/C20H17F4N3O4/c1-12-9-13(21)3-5-17(12)30-18-6-4-15(31-20(22,23)24)10-16(18)19(29)27-14(7-8-28)11-26-25-2/h3-11,25H,1-2H3,(H,27,29)/b14-7+,26-11-. The van der Waals surface area contributed by atoms with E-state index in [-0.39, 0.29) is 22.8 Å². The number of carbonyl (C=O) groups is 2. The van der Waals surface area contributed by atoms with Crippen LogP contribution in [0.5, 0.6) is 17.2 Å². The van der Waals surface area contributed by atoms with Gasteiger partial charge in [-0.2, -0.15) is 5.10 Å². The smallest absolute Gasteiger partial charge is 0.456 e. The molecule has 2 rings (SSSR count). The van der Waals surface area contributed by atoms with Crippen LogP contribution in [-0.4, -0.2) is 31.8 Å². The van der Waals surface area contributed by atoms with Crippen LogP contribution in [0.2, 0.25) is 0 Å². The summed E-state index contributed by atoms with van der Waals surface area (Å²) in [5.74, 6) is -2.02. The molecule has 0 bridgehead atoms. The van der Waals surface area contributed by atoms with Gasteiger partial charge in [0.1, 0.15) is 29.4 Å². The Morgan fingerprint density at radius 1 is 1.13 bits per heavy atom. The first-order valence-corrected chi connectivity index (χ1v) is 8.63. The van der Waals surface area contributed by atoms with Gasteiger partial charge in [0, 0.05) is 13.1 Å². The largest absolute Gasteiger partial charge is 0.573 e. The van der Waals surface area contributed by atoms with E-state index >= 15 is 0 Å². The van der Waals surface area contributed by atoms with Gasteiger partial charge in [-0.25, -0.2) is 4.39 Å². The molecule has 164 valence electrons. The van der Waals surface area contributed by atoms with E-state index in [0.29, 0.717) is 11.8 Å². The van der Waals surface area contributed by atoms with Crippen molar-refractivity contribution in [1.82, 2.24) is 10.7 Å². The Bertz CT molecular complexity index is 1020. The Morgan fingerprint density at radius 3 is 2.45 bits per heavy atom. The van der Waals surface area contributed by atoms with Crippen molar-refractivity contribution in [2.45, 2.75) is 13.3 Å². The number of aryl methyl sites for hydroxylation is 1. The monoisotopic (exact) mass is 439 g/mol. The number of nitrogens with one attached hydrogen (secondary N) is 2. The summed E-state index contributed by atoms with van der Waals surface area (Å²) in [7, 11) is 1.48. The third-order valence-electron chi connectivity index (χ3n) is 3.62. The summed E-state index contributed by atoms with van der Waals surface area (Å²) < 4.78 is 60.6. The summed E-state index contributed by atoms with van der Waals surface area (Å²) in [6.07, 6.45) is -2.49. The SMILES string of the molecule is CN/N=C\C(=C/C=O)NC(=O)c1cc(OC(F)(F)F)ccc1Oc1ccc(F)cc1C. The fourth-order valence-corrected chi connectivity index (χ4v) is 2.34. The summed E-state index contributed by atoms with van der Waals surface area (Å²) in [4.78, 5) is 23.5. The van der Waals surface area contributed by atoms with Crippen LogP contribution < -0.4 is 20.2 Å². The van der Waals surface area contributed by atoms with E-state index in [9.17, 15) is 27.2 Å². The molecule has 0 fully saturated rings. The number of allylic oxidation sites excluding steroid dienone is 2. The zero-order valence-electron chi connectivity index (χ0n) is 16.3. The second-order valence-electron chi connectivity index (χ2n) is 5.91. The lowest BCUT2D eigenvalue weighted by molar-refractivity contribution is -0.274. The Morgan fingerprint density at radius 2 is 1.84 bits per heavy atom. The molecule has 0 saturated heterocycles. The number of nitrogens with zero attached hydrogens (tertiary/aromatic N) is 1. The molecule has 0 saturated carbocycles. The lowest BCUT2D eigenvalue weighted by Gasteiger charge is -2.15. The van der Waals surface area contributed by atoms with Crippen LogP contribution in [0, 0.1) is 12.7 Å². The third kappa shape index (κ3) is 7.14. The van der Waals surface area contributed by atoms with Gasteiger partial charge in [0.05, 0.1) is 17.5 Å². The molecule has 0 aromatic heterocycles. The maximum Gasteiger partial charge on any atom is 0.573 e. The number of carbonyl (C=O) groups excluding carboxylic acids is 2. The zero-order valence-corrected chi connectivity index (χ0v) is 16.3. The van der Waals surface area contributed by atoms with E-state index in [0.717, 1.165) is 36.6 Å². The number of hydrazone groups is 1. The topological polar surface area (TPSA) is 89.0 Å². The van der Waals surface area contributed by atoms with Crippen molar-refractivity contribution in [2.75, 3.05) is 7.05 Å². The molecule has 0 radical (unpaired) electrons. The Kier molecular flexibility index (Phi) is 7.72. The van der Waals surface area contributed by atoms with E-state index in [2.05, 4.69) is 20.6 Å². The number of halogens is 4. The van der Waals surface area contributed by atoms with Gasteiger partial charge in [0.25, 0.3) is 5.91 Å². The molecule has 0 aliphatic heterocycles. The minimum Gasteiger partial charge on any atom is -0.456 e. The highest BCUT2D eigenvalue weighted by molar-refractivity contribution is 6.02. The van der Waals surface area contributed by atoms with Gasteiger partial charge in [-0.3, -0.25) is 9.59 Å². The minimum absolute atomic E-state index is 0.0413. The average molecular weight is 439 g/mol. The van der Waals surface area contributed by atoms with Crippen LogP contribution in [-0.2, 0) is 4.79 Å². The zero-order chi connectivity index (χ0) is 23.0. The van der Waals surface area contributed by atoms with Crippen molar-refractivity contribution in [3.05, 3.63) is 65.1 Å². The highest BCUT2D eigenvalue weighted by atomic mass is 19.4. The van der Waals surface area contributed by atoms with E-state index in [4.69, 9.17) is 4.74 Å². The van der Waals surface area contributed by atoms with Gasteiger partial charge in [0.15, 0.2) is 0 Å². The normalized spacial score (nSPS) is 11.9. The van der Waals surface area contributed by atoms with Crippen molar-refractivity contribution < 1.29 is 36.6 Å². The van der Waals surface area contributed by atoms with Crippen molar-refractivity contribution in [1.29, 1.82) is 0 Å². The van der Waals surface area contributed by atoms with Crippen LogP contribution >= 0.6 is 0 Å². The van der Waals surface area contributed by atoms with Crippen molar-refractivity contribution >= 4 is 18.4 Å². The highest BCUT2D eigenvalue weighted by Crippen LogP contribution is 2.33. The number of hydrogen-bond acceptors (Lipinski definition) is 6. The van der Waals surface area contributed by atoms with Crippen LogP contribution in [0.1, 0.15) is 15.9 Å². The molecule has 2 aromatic carbocycles. The Labute approximate surface area is 174 Å². The van der Waals surface area contributed by atoms with E-state index in [1.54, 1.807) is 6.92 Å². The third-order valence-corrected chi connectivity index (χ3v) is 3.62. The molecule has 31 heavy (non-hydrogen) atoms. The Hall–Kier alpha value is -3.89. The number of amides is 1. The molecule has 0 spiro atoms. The number of rotatable bonds is 8. The molecular formula is C20H17F4N3O4. The van der Waals surface area contributed by atoms with Gasteiger partial charge >= 0.3 is 6.36 Å². The first-order valence-electron chi connectivity index (χ1n) is 8.63. The molecular weight excluding hydrogens is 422 g/mol. The second-order valence-corrected chi connectivity index (χ2v) is 5.91. The van der Waals surface area contributed by atoms with Crippen LogP contribution in [0.3, 0.4) is 0 Å². The van der Waals surface area contributed by atoms with Crippen LogP contribution in [0.15, 0.2) is 53.3 Å². The van der Waals surface area contributed by atoms with Gasteiger partial charge in [0.2, 0.25) is 0 Å². The van der Waals surface area contributed by atoms with Gasteiger partial charge in [-0.15, -0.1) is 13.2 Å². The van der Waals surface area contributed by atoms with Crippen molar-refractivity contribution in [3.63, 3.8) is 0 Å². The summed E-state index contributed by atoms with van der Waals surface area (Å²) >= 11 is 0. The van der Waals surface area contributed by atoms with Crippen LogP contribution in [0.25, 0.3) is 0 Å². The molecule has 2 aromatic rings. The van der Waals surface area contributed by atoms with Crippen molar-refractivity contribution in [2.24, 2.45) is 5.10 Å². The highest BCUT2D eigenvalue weighted by Gasteiger charge is 2.31. The van der Waals surface area contributed by atoms with E-state index in [1.165, 1.54) is 19.2 Å². The summed E-state index contributed by atoms with van der Waals surface area (Å²) in [6.45, 7) is 1.55. The second kappa shape index (κ2) is 10.2. The molecule has 0 heterocycles. The molecule has 7 nitrogen and oxygen atoms in total. The maximum atomic E-state index is 13.3. The summed E-state index contributed by atoms with van der Waals surface area (Å²) in [5.41, 5.74) is 2.44. The van der Waals surface area contributed by atoms with Crippen LogP contribution in [0.4, 0.5) is 17.6 Å². The predicted octanol–water partition coefficient (Wildman–Crippen LogP) is 3.84. The molecule has 1 amide bonds. The Balaban J connectivity index is 2.45. The number of benzene rings is 2. The molecule has 0 atom stereocenters. The van der Waals surface area contributed by atoms with Gasteiger partial charge < -0.3 is 20.2 Å². The quantitative estimate of drug-likeness (QED) is 0.215. The minimum atomic E-state index is -4.98. The fourth-order valence-electron chi connectivity index (χ4n) is 2.34. The first-order chi connectivity index (χ1) is 14.6. The number of alkyl halides is 3. The predicted molar refractivity (Wildman–Crippen MR) is 104 cm³/mol. The lowest BCUT2D eigenvalue weighted by Crippen LogP contribution is -2.25. The first kappa shape index (κ1) is 23.4. The molecule has 0 aliphatic carbocycles. The van der Waals surface area contributed by atoms with Crippen molar-refractivity contribution in [3.8, 4) is 17.2 Å². The van der Waals surface area contributed by atoms with E-state index < -0.39 is 23.8 Å². The fraction of sp³-hybridized carbons (Fsp3) is 0.150. The maximum absolute atomic E-state index is 13.3. The average Bonchev–Trinajstić information content (AvgIpc) is 2.68. The molecule has 11 heteroatoms. The molecule has 0 aliphatic rings. The molecule has 0 unspecified atom stereocenters. The number of hydrogen-bond donors (Lipinski definition) is 2. The lowest BCUT2D eigenvalue weighted by atomic mass is 10.1. The van der Waals surface area contributed by atoms with Gasteiger partial charge in [-0.05, 0) is 48.9 Å². The summed E-state index contributed by atoms with van der Waals surface area (Å²) in [5, 5.41) is 5.99. The summed E-state index contributed by atoms with van der Waals surface area (Å²) in [6, 6.07) is 6.51. The van der Waals surface area contributed by atoms with E-state index in [1.807, 2.05) is 0 Å².